The molecule has 0 aromatic carbocycles. The predicted octanol–water partition coefficient (Wildman–Crippen LogP) is 9.23. The Labute approximate surface area is 224 Å². The lowest BCUT2D eigenvalue weighted by molar-refractivity contribution is 0.599. The van der Waals surface area contributed by atoms with E-state index in [0.29, 0.717) is 16.3 Å². The van der Waals surface area contributed by atoms with Crippen LogP contribution in [-0.2, 0) is 16.3 Å². The van der Waals surface area contributed by atoms with Crippen molar-refractivity contribution in [2.75, 3.05) is 12.3 Å². The molecule has 182 valence electrons. The van der Waals surface area contributed by atoms with E-state index >= 15 is 0 Å². The molecule has 34 heavy (non-hydrogen) atoms. The van der Waals surface area contributed by atoms with Crippen molar-refractivity contribution in [1.82, 2.24) is 0 Å². The van der Waals surface area contributed by atoms with E-state index in [0.717, 1.165) is 49.4 Å². The minimum atomic E-state index is -3.41. The number of unbranched alkanes of at least 4 members (excludes halogenated alkanes) is 6. The fourth-order valence-corrected chi connectivity index (χ4v) is 11.4. The number of sulfone groups is 1. The first-order valence-electron chi connectivity index (χ1n) is 11.8. The van der Waals surface area contributed by atoms with E-state index in [1.54, 1.807) is 34.0 Å². The molecule has 9 heteroatoms. The van der Waals surface area contributed by atoms with Crippen LogP contribution < -0.4 is 0 Å². The molecule has 1 aliphatic heterocycles. The number of thiocarbonyl (C=S) groups is 1. The van der Waals surface area contributed by atoms with Crippen LogP contribution in [0.3, 0.4) is 0 Å². The molecule has 4 heterocycles. The Balaban J connectivity index is 1.39. The van der Waals surface area contributed by atoms with Crippen LogP contribution in [0, 0.1) is 0 Å². The van der Waals surface area contributed by atoms with E-state index in [1.807, 2.05) is 23.9 Å². The fourth-order valence-electron chi connectivity index (χ4n) is 4.00. The van der Waals surface area contributed by atoms with E-state index in [2.05, 4.69) is 41.4 Å². The maximum atomic E-state index is 13.2. The summed E-state index contributed by atoms with van der Waals surface area (Å²) in [4.78, 5) is 10.1. The minimum Gasteiger partial charge on any atom is -0.233 e. The molecule has 3 aromatic heterocycles. The molecule has 0 N–H and O–H groups in total. The lowest BCUT2D eigenvalue weighted by Gasteiger charge is -2.00. The molecule has 0 unspecified atom stereocenters. The maximum absolute atomic E-state index is 13.2. The number of nitrogens with zero attached hydrogens (tertiary/aromatic N) is 1. The molecule has 0 aliphatic carbocycles. The van der Waals surface area contributed by atoms with Gasteiger partial charge in [-0.25, -0.2) is 13.4 Å². The molecule has 0 saturated carbocycles. The molecule has 0 spiro atoms. The molecule has 0 fully saturated rings. The smallest absolute Gasteiger partial charge is 0.209 e. The summed E-state index contributed by atoms with van der Waals surface area (Å²) in [7, 11) is -3.41. The largest absolute Gasteiger partial charge is 0.233 e. The van der Waals surface area contributed by atoms with Crippen molar-refractivity contribution >= 4 is 73.0 Å². The number of hydrogen-bond donors (Lipinski definition) is 0. The summed E-state index contributed by atoms with van der Waals surface area (Å²) < 4.78 is 27.7. The van der Waals surface area contributed by atoms with Crippen molar-refractivity contribution < 1.29 is 8.42 Å². The van der Waals surface area contributed by atoms with Gasteiger partial charge in [0, 0.05) is 21.2 Å². The topological polar surface area (TPSA) is 46.5 Å². The Hall–Kier alpha value is -0.800. The molecular weight excluding hydrogens is 539 g/mol. The molecule has 0 atom stereocenters. The number of rotatable bonds is 14. The summed E-state index contributed by atoms with van der Waals surface area (Å²) in [5.41, 5.74) is 0. The van der Waals surface area contributed by atoms with Crippen molar-refractivity contribution in [1.29, 1.82) is 0 Å². The Kier molecular flexibility index (Phi) is 9.61. The van der Waals surface area contributed by atoms with Gasteiger partial charge in [0.25, 0.3) is 0 Å². The molecule has 0 amide bonds. The van der Waals surface area contributed by atoms with Gasteiger partial charge >= 0.3 is 0 Å². The standard InChI is InChI=1S/C25H29NO2S6/c1-2-3-4-5-6-9-14-30-23-12-11-19(32-23)20-16-22-25(33-20)24-21(34(22,27)28)15-18(31-24)10-7-8-13-26-17-29/h11-12,15-16H,2-10,13-14H2,1H3. The van der Waals surface area contributed by atoms with Crippen LogP contribution in [-0.4, -0.2) is 25.9 Å². The van der Waals surface area contributed by atoms with Crippen molar-refractivity contribution in [3.8, 4) is 19.5 Å². The molecule has 1 aliphatic rings. The zero-order chi connectivity index (χ0) is 24.0. The molecule has 0 bridgehead atoms. The highest BCUT2D eigenvalue weighted by Crippen LogP contribution is 2.54. The number of isothiocyanates is 1. The normalized spacial score (nSPS) is 13.6. The van der Waals surface area contributed by atoms with E-state index in [4.69, 9.17) is 0 Å². The third kappa shape index (κ3) is 6.12. The number of aliphatic imine (C=N–C) groups is 1. The third-order valence-electron chi connectivity index (χ3n) is 5.81. The summed E-state index contributed by atoms with van der Waals surface area (Å²) >= 11 is 11.6. The van der Waals surface area contributed by atoms with Gasteiger partial charge in [0.05, 0.1) is 28.9 Å². The van der Waals surface area contributed by atoms with Crippen molar-refractivity contribution in [3.05, 3.63) is 29.1 Å². The van der Waals surface area contributed by atoms with Crippen LogP contribution in [0.2, 0.25) is 0 Å². The number of aryl methyl sites for hydroxylation is 1. The van der Waals surface area contributed by atoms with Crippen LogP contribution in [0.25, 0.3) is 19.5 Å². The van der Waals surface area contributed by atoms with Gasteiger partial charge in [0.15, 0.2) is 0 Å². The van der Waals surface area contributed by atoms with Crippen LogP contribution in [0.5, 0.6) is 0 Å². The molecule has 3 aromatic rings. The van der Waals surface area contributed by atoms with Crippen molar-refractivity contribution in [2.24, 2.45) is 4.99 Å². The molecule has 3 nitrogen and oxygen atoms in total. The van der Waals surface area contributed by atoms with E-state index in [-0.39, 0.29) is 0 Å². The van der Waals surface area contributed by atoms with Gasteiger partial charge in [-0.2, -0.15) is 0 Å². The molecule has 0 radical (unpaired) electrons. The van der Waals surface area contributed by atoms with Crippen LogP contribution in [0.15, 0.2) is 43.3 Å². The van der Waals surface area contributed by atoms with E-state index < -0.39 is 9.84 Å². The quantitative estimate of drug-likeness (QED) is 0.0659. The van der Waals surface area contributed by atoms with Crippen molar-refractivity contribution in [2.45, 2.75) is 78.7 Å². The second-order valence-corrected chi connectivity index (χ2v) is 15.1. The number of hydrogen-bond acceptors (Lipinski definition) is 8. The summed E-state index contributed by atoms with van der Waals surface area (Å²) in [5.74, 6) is 1.15. The fraction of sp³-hybridized carbons (Fsp3) is 0.480. The van der Waals surface area contributed by atoms with Gasteiger partial charge in [-0.15, -0.1) is 45.8 Å². The second-order valence-electron chi connectivity index (χ2n) is 8.38. The minimum absolute atomic E-state index is 0.491. The maximum Gasteiger partial charge on any atom is 0.209 e. The van der Waals surface area contributed by atoms with E-state index in [9.17, 15) is 8.42 Å². The number of fused-ring (bicyclic) bond motifs is 3. The first-order valence-corrected chi connectivity index (χ1v) is 17.2. The SMILES string of the molecule is CCCCCCCCSc1ccc(-c2cc3c(s2)-c2sc(CCCCN=C=S)cc2S3(=O)=O)s1. The van der Waals surface area contributed by atoms with Crippen LogP contribution in [0.4, 0.5) is 0 Å². The second kappa shape index (κ2) is 12.4. The predicted molar refractivity (Wildman–Crippen MR) is 153 cm³/mol. The zero-order valence-electron chi connectivity index (χ0n) is 19.3. The lowest BCUT2D eigenvalue weighted by Crippen LogP contribution is -1.94. The van der Waals surface area contributed by atoms with Gasteiger partial charge in [-0.05, 0) is 67.9 Å². The van der Waals surface area contributed by atoms with Gasteiger partial charge in [0.2, 0.25) is 9.84 Å². The van der Waals surface area contributed by atoms with Crippen LogP contribution in [0.1, 0.15) is 63.2 Å². The Bertz CT molecular complexity index is 1260. The molecule has 0 saturated heterocycles. The monoisotopic (exact) mass is 567 g/mol. The molecule has 4 rings (SSSR count). The average Bonchev–Trinajstić information content (AvgIpc) is 3.58. The Morgan fingerprint density at radius 1 is 0.912 bits per heavy atom. The first kappa shape index (κ1) is 26.3. The number of thioether (sulfide) groups is 1. The van der Waals surface area contributed by atoms with Gasteiger partial charge in [-0.3, -0.25) is 0 Å². The van der Waals surface area contributed by atoms with Gasteiger partial charge in [0.1, 0.15) is 0 Å². The van der Waals surface area contributed by atoms with Crippen LogP contribution >= 0.6 is 58.0 Å². The summed E-state index contributed by atoms with van der Waals surface area (Å²) in [6, 6.07) is 8.10. The number of thiophene rings is 3. The summed E-state index contributed by atoms with van der Waals surface area (Å²) in [5, 5.41) is 2.39. The van der Waals surface area contributed by atoms with Gasteiger partial charge < -0.3 is 0 Å². The van der Waals surface area contributed by atoms with Crippen molar-refractivity contribution in [3.63, 3.8) is 0 Å². The average molecular weight is 568 g/mol. The highest BCUT2D eigenvalue weighted by atomic mass is 32.2. The zero-order valence-corrected chi connectivity index (χ0v) is 24.2. The lowest BCUT2D eigenvalue weighted by atomic mass is 10.1. The molecular formula is C25H29NO2S6. The third-order valence-corrected chi connectivity index (χ3v) is 13.1. The summed E-state index contributed by atoms with van der Waals surface area (Å²) in [6.45, 7) is 2.94. The van der Waals surface area contributed by atoms with E-state index in [1.165, 1.54) is 42.7 Å². The first-order chi connectivity index (χ1) is 16.5. The summed E-state index contributed by atoms with van der Waals surface area (Å²) in [6.07, 6.45) is 10.7. The Morgan fingerprint density at radius 2 is 1.68 bits per heavy atom. The Morgan fingerprint density at radius 3 is 2.50 bits per heavy atom. The highest BCUT2D eigenvalue weighted by molar-refractivity contribution is 8.01. The van der Waals surface area contributed by atoms with Gasteiger partial charge in [-0.1, -0.05) is 39.0 Å². The highest BCUT2D eigenvalue weighted by Gasteiger charge is 2.37.